The molecular formula is C24H23BrFN3O2. The second-order valence-corrected chi connectivity index (χ2v) is 8.95. The summed E-state index contributed by atoms with van der Waals surface area (Å²) in [5.74, 6) is -0.164. The Bertz CT molecular complexity index is 1180. The highest BCUT2D eigenvalue weighted by Crippen LogP contribution is 2.30. The van der Waals surface area contributed by atoms with Crippen LogP contribution in [0.2, 0.25) is 0 Å². The maximum atomic E-state index is 15.6. The van der Waals surface area contributed by atoms with E-state index in [0.717, 1.165) is 28.4 Å². The van der Waals surface area contributed by atoms with Gasteiger partial charge >= 0.3 is 0 Å². The third-order valence-corrected chi connectivity index (χ3v) is 6.16. The van der Waals surface area contributed by atoms with E-state index in [9.17, 15) is 4.79 Å². The zero-order valence-electron chi connectivity index (χ0n) is 17.3. The first-order chi connectivity index (χ1) is 15.0. The molecule has 1 aliphatic carbocycles. The molecule has 160 valence electrons. The van der Waals surface area contributed by atoms with E-state index < -0.39 is 5.82 Å². The predicted molar refractivity (Wildman–Crippen MR) is 121 cm³/mol. The van der Waals surface area contributed by atoms with Gasteiger partial charge in [-0.2, -0.15) is 0 Å². The summed E-state index contributed by atoms with van der Waals surface area (Å²) in [4.78, 5) is 20.7. The van der Waals surface area contributed by atoms with Crippen LogP contribution in [0.25, 0.3) is 15.9 Å². The maximum absolute atomic E-state index is 15.6. The summed E-state index contributed by atoms with van der Waals surface area (Å²) in [5, 5.41) is 0. The molecule has 1 heterocycles. The van der Waals surface area contributed by atoms with E-state index in [0.29, 0.717) is 42.1 Å². The first-order valence-corrected chi connectivity index (χ1v) is 11.1. The number of hydrogen-bond donors (Lipinski definition) is 0. The predicted octanol–water partition coefficient (Wildman–Crippen LogP) is 5.37. The fourth-order valence-electron chi connectivity index (χ4n) is 3.68. The Kier molecular flexibility index (Phi) is 6.49. The molecule has 0 radical (unpaired) electrons. The van der Waals surface area contributed by atoms with Crippen molar-refractivity contribution in [3.05, 3.63) is 74.6 Å². The number of fused-ring (bicyclic) bond motifs is 1. The zero-order valence-corrected chi connectivity index (χ0v) is 18.9. The fraction of sp³-hybridized carbons (Fsp3) is 0.375. The van der Waals surface area contributed by atoms with Crippen molar-refractivity contribution < 1.29 is 13.9 Å². The Morgan fingerprint density at radius 3 is 2.90 bits per heavy atom. The lowest BCUT2D eigenvalue weighted by atomic mass is 9.94. The molecule has 0 amide bonds. The highest BCUT2D eigenvalue weighted by atomic mass is 79.9. The average Bonchev–Trinajstić information content (AvgIpc) is 3.48. The minimum absolute atomic E-state index is 0.0655. The summed E-state index contributed by atoms with van der Waals surface area (Å²) in [5.41, 5.74) is 3.39. The lowest BCUT2D eigenvalue weighted by Gasteiger charge is -2.14. The molecule has 1 aliphatic rings. The van der Waals surface area contributed by atoms with Gasteiger partial charge in [0, 0.05) is 22.0 Å². The number of carbonyl (C=O) groups is 1. The van der Waals surface area contributed by atoms with Gasteiger partial charge in [-0.15, -0.1) is 0 Å². The fourth-order valence-corrected chi connectivity index (χ4v) is 4.16. The number of rotatable bonds is 9. The van der Waals surface area contributed by atoms with Gasteiger partial charge in [0.15, 0.2) is 11.6 Å². The molecular weight excluding hydrogens is 461 g/mol. The first-order valence-electron chi connectivity index (χ1n) is 10.3. The molecule has 0 spiro atoms. The largest absolute Gasteiger partial charge is 0.373 e. The van der Waals surface area contributed by atoms with Gasteiger partial charge in [0.25, 0.3) is 0 Å². The number of halogens is 2. The number of nitrogens with zero attached hydrogens (tertiary/aromatic N) is 3. The molecule has 0 aliphatic heterocycles. The highest BCUT2D eigenvalue weighted by Gasteiger charge is 2.24. The van der Waals surface area contributed by atoms with Gasteiger partial charge < -0.3 is 14.1 Å². The monoisotopic (exact) mass is 483 g/mol. The van der Waals surface area contributed by atoms with Gasteiger partial charge in [-0.1, -0.05) is 22.0 Å². The van der Waals surface area contributed by atoms with Crippen molar-refractivity contribution in [2.75, 3.05) is 19.8 Å². The molecule has 4 rings (SSSR count). The van der Waals surface area contributed by atoms with Crippen LogP contribution in [0.1, 0.15) is 39.9 Å². The van der Waals surface area contributed by atoms with E-state index in [4.69, 9.17) is 11.3 Å². The number of ether oxygens (including phenoxy) is 1. The quantitative estimate of drug-likeness (QED) is 0.303. The van der Waals surface area contributed by atoms with Crippen LogP contribution in [-0.2, 0) is 17.7 Å². The van der Waals surface area contributed by atoms with Crippen LogP contribution < -0.4 is 0 Å². The molecule has 3 aromatic rings. The Labute approximate surface area is 189 Å². The third kappa shape index (κ3) is 4.86. The summed E-state index contributed by atoms with van der Waals surface area (Å²) >= 11 is 3.46. The molecule has 1 saturated carbocycles. The number of benzene rings is 2. The van der Waals surface area contributed by atoms with Crippen LogP contribution in [0.15, 0.2) is 35.1 Å². The lowest BCUT2D eigenvalue weighted by molar-refractivity contribution is 0.0738. The van der Waals surface area contributed by atoms with Gasteiger partial charge in [0.05, 0.1) is 25.0 Å². The Morgan fingerprint density at radius 2 is 2.19 bits per heavy atom. The third-order valence-electron chi connectivity index (χ3n) is 5.67. The maximum Gasteiger partial charge on any atom is 0.232 e. The number of ketones is 1. The molecule has 5 nitrogen and oxygen atoms in total. The number of carbonyl (C=O) groups excluding carboxylic acids is 1. The van der Waals surface area contributed by atoms with Gasteiger partial charge in [0.2, 0.25) is 6.54 Å². The summed E-state index contributed by atoms with van der Waals surface area (Å²) in [6.45, 7) is 10.2. The molecule has 0 unspecified atom stereocenters. The van der Waals surface area contributed by atoms with Crippen molar-refractivity contribution in [2.45, 2.75) is 32.7 Å². The van der Waals surface area contributed by atoms with Gasteiger partial charge in [-0.3, -0.25) is 4.79 Å². The van der Waals surface area contributed by atoms with Crippen LogP contribution >= 0.6 is 15.9 Å². The summed E-state index contributed by atoms with van der Waals surface area (Å²) < 4.78 is 23.9. The van der Waals surface area contributed by atoms with Crippen molar-refractivity contribution in [3.63, 3.8) is 0 Å². The van der Waals surface area contributed by atoms with Crippen LogP contribution in [-0.4, -0.2) is 35.1 Å². The molecule has 7 heteroatoms. The van der Waals surface area contributed by atoms with Crippen molar-refractivity contribution in [1.29, 1.82) is 0 Å². The first kappa shape index (κ1) is 21.7. The molecule has 0 N–H and O–H groups in total. The Hall–Kier alpha value is -2.56. The molecule has 0 saturated heterocycles. The Morgan fingerprint density at radius 1 is 1.39 bits per heavy atom. The van der Waals surface area contributed by atoms with Crippen LogP contribution in [0, 0.1) is 25.2 Å². The van der Waals surface area contributed by atoms with Crippen LogP contribution in [0.5, 0.6) is 0 Å². The SMILES string of the molecule is [C-]#[N+]CCn1cnc2c(F)c(Cc3ccc(Br)cc3C)c(C(=O)COCC3CC3)cc21. The second kappa shape index (κ2) is 9.29. The Balaban J connectivity index is 1.74. The summed E-state index contributed by atoms with van der Waals surface area (Å²) in [6, 6.07) is 7.54. The van der Waals surface area contributed by atoms with E-state index >= 15 is 4.39 Å². The normalized spacial score (nSPS) is 13.5. The number of Topliss-reactive ketones (excluding diaryl/α,β-unsaturated/α-hetero) is 1. The van der Waals surface area contributed by atoms with Crippen molar-refractivity contribution in [3.8, 4) is 0 Å². The average molecular weight is 484 g/mol. The molecule has 2 aromatic carbocycles. The van der Waals surface area contributed by atoms with Crippen LogP contribution in [0.3, 0.4) is 0 Å². The standard InChI is InChI=1S/C24H23BrFN3O2/c1-15-9-18(25)6-5-17(15)10-20-19(22(30)13-31-12-16-3-4-16)11-21-24(23(20)26)28-14-29(21)8-7-27-2/h5-6,9,11,14,16H,3-4,7-8,10,12-13H2,1H3. The number of aromatic nitrogens is 2. The second-order valence-electron chi connectivity index (χ2n) is 8.03. The summed E-state index contributed by atoms with van der Waals surface area (Å²) in [7, 11) is 0. The lowest BCUT2D eigenvalue weighted by Crippen LogP contribution is -2.15. The van der Waals surface area contributed by atoms with Gasteiger partial charge in [-0.25, -0.2) is 15.9 Å². The minimum Gasteiger partial charge on any atom is -0.373 e. The molecule has 1 aromatic heterocycles. The highest BCUT2D eigenvalue weighted by molar-refractivity contribution is 9.10. The molecule has 0 bridgehead atoms. The molecule has 1 fully saturated rings. The van der Waals surface area contributed by atoms with Gasteiger partial charge in [-0.05, 0) is 55.0 Å². The van der Waals surface area contributed by atoms with Crippen molar-refractivity contribution in [2.24, 2.45) is 5.92 Å². The van der Waals surface area contributed by atoms with E-state index in [-0.39, 0.29) is 24.5 Å². The summed E-state index contributed by atoms with van der Waals surface area (Å²) in [6.07, 6.45) is 4.11. The van der Waals surface area contributed by atoms with E-state index in [1.54, 1.807) is 10.6 Å². The van der Waals surface area contributed by atoms with Crippen molar-refractivity contribution >= 4 is 32.7 Å². The van der Waals surface area contributed by atoms with E-state index in [1.165, 1.54) is 6.33 Å². The molecule has 0 atom stereocenters. The minimum atomic E-state index is -0.480. The molecule has 31 heavy (non-hydrogen) atoms. The van der Waals surface area contributed by atoms with Crippen molar-refractivity contribution in [1.82, 2.24) is 9.55 Å². The number of hydrogen-bond acceptors (Lipinski definition) is 3. The zero-order chi connectivity index (χ0) is 22.0. The van der Waals surface area contributed by atoms with Crippen LogP contribution in [0.4, 0.5) is 4.39 Å². The smallest absolute Gasteiger partial charge is 0.232 e. The van der Waals surface area contributed by atoms with E-state index in [2.05, 4.69) is 25.8 Å². The van der Waals surface area contributed by atoms with E-state index in [1.807, 2.05) is 25.1 Å². The van der Waals surface area contributed by atoms with Gasteiger partial charge in [0.1, 0.15) is 12.1 Å². The number of imidazole rings is 1. The topological polar surface area (TPSA) is 48.5 Å². The number of aryl methyl sites for hydroxylation is 1.